The summed E-state index contributed by atoms with van der Waals surface area (Å²) in [6.07, 6.45) is 15.5. The van der Waals surface area contributed by atoms with Crippen LogP contribution in [0.5, 0.6) is 0 Å². The van der Waals surface area contributed by atoms with Gasteiger partial charge in [0.15, 0.2) is 0 Å². The lowest BCUT2D eigenvalue weighted by Crippen LogP contribution is -2.60. The van der Waals surface area contributed by atoms with Crippen LogP contribution in [0.4, 0.5) is 0 Å². The number of fused-ring (bicyclic) bond motifs is 2. The Morgan fingerprint density at radius 1 is 0.629 bits per heavy atom. The molecule has 19 rings (SSSR count). The first-order chi connectivity index (χ1) is 30.6. The van der Waals surface area contributed by atoms with Crippen LogP contribution in [0.15, 0.2) is 58.7 Å². The fraction of sp³-hybridized carbons (Fsp3) is 0.763. The summed E-state index contributed by atoms with van der Waals surface area (Å²) < 4.78 is 12.0. The van der Waals surface area contributed by atoms with E-state index in [1.807, 2.05) is 7.11 Å². The van der Waals surface area contributed by atoms with Crippen molar-refractivity contribution < 1.29 is 9.47 Å². The quantitative estimate of drug-likeness (QED) is 0.186. The van der Waals surface area contributed by atoms with E-state index in [4.69, 9.17) is 9.47 Å². The largest absolute Gasteiger partial charge is 0.382 e. The lowest BCUT2D eigenvalue weighted by molar-refractivity contribution is -0.149. The molecule has 3 heteroatoms. The zero-order chi connectivity index (χ0) is 39.5. The van der Waals surface area contributed by atoms with E-state index < -0.39 is 0 Å². The molecule has 16 aliphatic carbocycles. The number of hydrogen-bond donors (Lipinski definition) is 0. The Morgan fingerprint density at radius 3 is 2.11 bits per heavy atom. The number of rotatable bonds is 9. The highest BCUT2D eigenvalue weighted by molar-refractivity contribution is 5.88. The summed E-state index contributed by atoms with van der Waals surface area (Å²) in [5.41, 5.74) is 12.3. The van der Waals surface area contributed by atoms with E-state index in [9.17, 15) is 0 Å². The minimum absolute atomic E-state index is 0.467. The molecule has 28 unspecified atom stereocenters. The second-order valence-corrected chi connectivity index (χ2v) is 27.0. The first-order valence-electron chi connectivity index (χ1n) is 27.4. The predicted octanol–water partition coefficient (Wildman–Crippen LogP) is 10.4. The van der Waals surface area contributed by atoms with E-state index >= 15 is 0 Å². The molecule has 13 saturated carbocycles. The Labute approximate surface area is 370 Å². The van der Waals surface area contributed by atoms with Gasteiger partial charge in [0.05, 0.1) is 19.8 Å². The van der Waals surface area contributed by atoms with Gasteiger partial charge in [0.1, 0.15) is 0 Å². The number of ether oxygens (including phenoxy) is 2. The number of hydrogen-bond acceptors (Lipinski definition) is 3. The van der Waals surface area contributed by atoms with Crippen LogP contribution in [0.25, 0.3) is 10.8 Å². The number of allylic oxidation sites excluding steroid dienone is 3. The minimum Gasteiger partial charge on any atom is -0.382 e. The monoisotopic (exact) mass is 824 g/mol. The molecule has 1 aliphatic heterocycles. The molecular formula is C59H69NO2. The van der Waals surface area contributed by atoms with Crippen LogP contribution in [0.3, 0.4) is 0 Å². The number of nitrogens with zero attached hydrogens (tertiary/aromatic N) is 1. The van der Waals surface area contributed by atoms with Crippen molar-refractivity contribution in [2.24, 2.45) is 159 Å². The van der Waals surface area contributed by atoms with E-state index in [2.05, 4.69) is 70.5 Å². The standard InChI is InChI=1S/C59H69NO2/c1-24-5-3-8-34-25(6-4-7-33(24)34)9-10-37-59-22-32-20-30-18-27-15-26-16-29-17-28-19-31-21-35(36(59)23-60(37)11-12-62-14-13-61-2)45-50-41(31)40(28)47-42(29)46-38(26)39(27)48-43(30)49-44(32)58(59)57(45)56-54(49)52(48)51(46)53(47)55(50)56/h3-8,26-30,32,36-40,42-44,46-58H,9-23H2,1-2H3. The molecule has 0 N–H and O–H groups in total. The summed E-state index contributed by atoms with van der Waals surface area (Å²) in [7, 11) is 1.83. The number of likely N-dealkylation sites (tertiary alicyclic amines) is 1. The first kappa shape index (κ1) is 34.4. The van der Waals surface area contributed by atoms with Crippen molar-refractivity contribution in [1.82, 2.24) is 4.90 Å². The maximum Gasteiger partial charge on any atom is 0.0700 e. The Bertz CT molecular complexity index is 2500. The molecule has 14 fully saturated rings. The Morgan fingerprint density at radius 2 is 1.29 bits per heavy atom. The van der Waals surface area contributed by atoms with E-state index in [0.29, 0.717) is 18.1 Å². The zero-order valence-corrected chi connectivity index (χ0v) is 37.4. The smallest absolute Gasteiger partial charge is 0.0700 e. The van der Waals surface area contributed by atoms with Crippen LogP contribution < -0.4 is 0 Å². The van der Waals surface area contributed by atoms with Gasteiger partial charge >= 0.3 is 0 Å². The van der Waals surface area contributed by atoms with Gasteiger partial charge in [-0.1, -0.05) is 58.7 Å². The summed E-state index contributed by atoms with van der Waals surface area (Å²) in [5.74, 6) is 28.1. The topological polar surface area (TPSA) is 21.7 Å². The average Bonchev–Trinajstić information content (AvgIpc) is 4.14. The molecule has 1 heterocycles. The second kappa shape index (κ2) is 10.9. The van der Waals surface area contributed by atoms with Crippen LogP contribution in [-0.2, 0) is 15.9 Å². The average molecular weight is 824 g/mol. The normalized spacial score (nSPS) is 60.4. The van der Waals surface area contributed by atoms with Crippen molar-refractivity contribution in [3.63, 3.8) is 0 Å². The van der Waals surface area contributed by atoms with Crippen LogP contribution in [0.2, 0.25) is 0 Å². The Hall–Kier alpha value is -1.94. The molecule has 0 amide bonds. The molecule has 0 bridgehead atoms. The van der Waals surface area contributed by atoms with E-state index in [-0.39, 0.29) is 0 Å². The highest BCUT2D eigenvalue weighted by Gasteiger charge is 2.88. The van der Waals surface area contributed by atoms with Crippen molar-refractivity contribution in [3.8, 4) is 0 Å². The van der Waals surface area contributed by atoms with Gasteiger partial charge in [0.2, 0.25) is 0 Å². The van der Waals surface area contributed by atoms with Crippen molar-refractivity contribution in [2.75, 3.05) is 40.0 Å². The maximum atomic E-state index is 6.46. The van der Waals surface area contributed by atoms with Crippen LogP contribution in [-0.4, -0.2) is 51.0 Å². The molecule has 17 aliphatic rings. The Kier molecular flexibility index (Phi) is 6.05. The van der Waals surface area contributed by atoms with Gasteiger partial charge in [-0.25, -0.2) is 0 Å². The van der Waals surface area contributed by atoms with Gasteiger partial charge in [-0.05, 0) is 240 Å². The molecule has 1 saturated heterocycles. The third kappa shape index (κ3) is 3.36. The summed E-state index contributed by atoms with van der Waals surface area (Å²) >= 11 is 0. The van der Waals surface area contributed by atoms with Gasteiger partial charge in [0, 0.05) is 38.1 Å². The van der Waals surface area contributed by atoms with E-state index in [1.54, 1.807) is 44.1 Å². The fourth-order valence-corrected chi connectivity index (χ4v) is 27.8. The van der Waals surface area contributed by atoms with Crippen LogP contribution >= 0.6 is 0 Å². The molecule has 322 valence electrons. The molecular weight excluding hydrogens is 755 g/mol. The van der Waals surface area contributed by atoms with Crippen molar-refractivity contribution >= 4 is 10.8 Å². The van der Waals surface area contributed by atoms with Crippen LogP contribution in [0.1, 0.15) is 68.9 Å². The highest BCUT2D eigenvalue weighted by atomic mass is 16.5. The maximum absolute atomic E-state index is 6.46. The highest BCUT2D eigenvalue weighted by Crippen LogP contribution is 2.93. The first-order valence-corrected chi connectivity index (χ1v) is 27.4. The molecule has 62 heavy (non-hydrogen) atoms. The Balaban J connectivity index is 0.835. The lowest BCUT2D eigenvalue weighted by atomic mass is 9.42. The third-order valence-corrected chi connectivity index (χ3v) is 27.0. The number of benzene rings is 2. The molecule has 2 aromatic carbocycles. The summed E-state index contributed by atoms with van der Waals surface area (Å²) in [5, 5.41) is 3.01. The van der Waals surface area contributed by atoms with Gasteiger partial charge < -0.3 is 9.47 Å². The van der Waals surface area contributed by atoms with E-state index in [0.717, 1.165) is 156 Å². The molecule has 2 aromatic rings. The zero-order valence-electron chi connectivity index (χ0n) is 37.4. The summed E-state index contributed by atoms with van der Waals surface area (Å²) in [4.78, 5) is 3.16. The third-order valence-electron chi connectivity index (χ3n) is 27.0. The summed E-state index contributed by atoms with van der Waals surface area (Å²) in [6.45, 7) is 7.10. The number of methoxy groups -OCH3 is 1. The van der Waals surface area contributed by atoms with Crippen molar-refractivity contribution in [1.29, 1.82) is 0 Å². The molecule has 0 radical (unpaired) electrons. The molecule has 0 aromatic heterocycles. The minimum atomic E-state index is 0.467. The molecule has 1 spiro atoms. The molecule has 28 atom stereocenters. The van der Waals surface area contributed by atoms with Gasteiger partial charge in [-0.2, -0.15) is 0 Å². The summed E-state index contributed by atoms with van der Waals surface area (Å²) in [6, 6.07) is 15.1. The number of aryl methyl sites for hydroxylation is 2. The molecule has 3 nitrogen and oxygen atoms in total. The van der Waals surface area contributed by atoms with Gasteiger partial charge in [-0.3, -0.25) is 4.90 Å². The van der Waals surface area contributed by atoms with Gasteiger partial charge in [-0.15, -0.1) is 0 Å². The van der Waals surface area contributed by atoms with Crippen LogP contribution in [0, 0.1) is 166 Å². The van der Waals surface area contributed by atoms with Crippen molar-refractivity contribution in [3.05, 3.63) is 69.8 Å². The SMILES string of the molecule is COCCOCCN1CC2C3=C4C5C6=C(C3)CC3CC7CC8CC9CC%10CC%11CC2(C2C4C4C5C5C(C63)C7C3C8C9C6C%10C(C4C6C35)C%112)C1CCc1cccc2c(C)cccc12. The lowest BCUT2D eigenvalue weighted by Gasteiger charge is -2.62. The predicted molar refractivity (Wildman–Crippen MR) is 239 cm³/mol. The van der Waals surface area contributed by atoms with Crippen molar-refractivity contribution in [2.45, 2.75) is 77.2 Å². The van der Waals surface area contributed by atoms with Gasteiger partial charge in [0.25, 0.3) is 0 Å². The van der Waals surface area contributed by atoms with E-state index in [1.165, 1.54) is 66.3 Å². The fourth-order valence-electron chi connectivity index (χ4n) is 27.8. The second-order valence-electron chi connectivity index (χ2n) is 27.0.